The molecule has 76 valence electrons. The lowest BCUT2D eigenvalue weighted by molar-refractivity contribution is -0.386. The van der Waals surface area contributed by atoms with E-state index in [1.54, 1.807) is 0 Å². The fourth-order valence-electron chi connectivity index (χ4n) is 1.11. The predicted molar refractivity (Wildman–Crippen MR) is 46.0 cm³/mol. The SMILES string of the molecule is NCC(F)c1c(F)cccc1[N+](=O)[O-]. The monoisotopic (exact) mass is 202 g/mol. The van der Waals surface area contributed by atoms with Crippen molar-refractivity contribution in [3.05, 3.63) is 39.7 Å². The standard InChI is InChI=1S/C8H8F2N2O2/c9-5-2-1-3-7(12(13)14)8(5)6(10)4-11/h1-3,6H,4,11H2. The van der Waals surface area contributed by atoms with Gasteiger partial charge in [0.25, 0.3) is 5.69 Å². The molecule has 1 unspecified atom stereocenters. The number of nitrogens with two attached hydrogens (primary N) is 1. The van der Waals surface area contributed by atoms with Crippen molar-refractivity contribution in [1.82, 2.24) is 0 Å². The van der Waals surface area contributed by atoms with E-state index in [4.69, 9.17) is 5.73 Å². The molecule has 14 heavy (non-hydrogen) atoms. The van der Waals surface area contributed by atoms with Crippen LogP contribution < -0.4 is 5.73 Å². The van der Waals surface area contributed by atoms with Gasteiger partial charge in [0.15, 0.2) is 0 Å². The number of hydrogen-bond donors (Lipinski definition) is 1. The van der Waals surface area contributed by atoms with Crippen molar-refractivity contribution >= 4 is 5.69 Å². The maximum absolute atomic E-state index is 13.1. The molecule has 2 N–H and O–H groups in total. The Morgan fingerprint density at radius 3 is 2.71 bits per heavy atom. The van der Waals surface area contributed by atoms with Crippen molar-refractivity contribution in [2.24, 2.45) is 5.73 Å². The van der Waals surface area contributed by atoms with Crippen LogP contribution in [0.25, 0.3) is 0 Å². The minimum Gasteiger partial charge on any atom is -0.327 e. The average molecular weight is 202 g/mol. The molecule has 0 spiro atoms. The topological polar surface area (TPSA) is 69.2 Å². The molecule has 0 amide bonds. The third-order valence-corrected chi connectivity index (χ3v) is 1.75. The van der Waals surface area contributed by atoms with Crippen molar-refractivity contribution in [2.75, 3.05) is 6.54 Å². The third kappa shape index (κ3) is 1.85. The lowest BCUT2D eigenvalue weighted by Gasteiger charge is -2.06. The third-order valence-electron chi connectivity index (χ3n) is 1.75. The lowest BCUT2D eigenvalue weighted by atomic mass is 10.1. The lowest BCUT2D eigenvalue weighted by Crippen LogP contribution is -2.11. The molecule has 1 aromatic carbocycles. The van der Waals surface area contributed by atoms with E-state index in [0.717, 1.165) is 18.2 Å². The molecule has 0 aromatic heterocycles. The maximum atomic E-state index is 13.1. The van der Waals surface area contributed by atoms with Crippen LogP contribution in [-0.4, -0.2) is 11.5 Å². The Bertz CT molecular complexity index is 357. The fraction of sp³-hybridized carbons (Fsp3) is 0.250. The number of halogens is 2. The van der Waals surface area contributed by atoms with Gasteiger partial charge in [-0.2, -0.15) is 0 Å². The molecule has 1 aromatic rings. The Morgan fingerprint density at radius 2 is 2.21 bits per heavy atom. The zero-order valence-corrected chi connectivity index (χ0v) is 7.11. The van der Waals surface area contributed by atoms with Crippen LogP contribution in [0, 0.1) is 15.9 Å². The first-order chi connectivity index (χ1) is 6.57. The number of alkyl halides is 1. The molecule has 0 saturated heterocycles. The molecular formula is C8H8F2N2O2. The molecule has 4 nitrogen and oxygen atoms in total. The van der Waals surface area contributed by atoms with E-state index in [0.29, 0.717) is 0 Å². The minimum absolute atomic E-state index is 0.484. The second-order valence-corrected chi connectivity index (χ2v) is 2.63. The first-order valence-corrected chi connectivity index (χ1v) is 3.85. The van der Waals surface area contributed by atoms with E-state index in [2.05, 4.69) is 0 Å². The highest BCUT2D eigenvalue weighted by atomic mass is 19.1. The Morgan fingerprint density at radius 1 is 1.57 bits per heavy atom. The Kier molecular flexibility index (Phi) is 3.08. The highest BCUT2D eigenvalue weighted by molar-refractivity contribution is 5.42. The largest absolute Gasteiger partial charge is 0.327 e. The van der Waals surface area contributed by atoms with Gasteiger partial charge in [0.2, 0.25) is 0 Å². The Labute approximate surface area is 78.5 Å². The molecular weight excluding hydrogens is 194 g/mol. The summed E-state index contributed by atoms with van der Waals surface area (Å²) in [7, 11) is 0. The number of rotatable bonds is 3. The summed E-state index contributed by atoms with van der Waals surface area (Å²) in [6.07, 6.45) is -1.85. The van der Waals surface area contributed by atoms with Gasteiger partial charge in [-0.15, -0.1) is 0 Å². The Hall–Kier alpha value is -1.56. The summed E-state index contributed by atoms with van der Waals surface area (Å²) in [6, 6.07) is 3.16. The molecule has 1 atom stereocenters. The van der Waals surface area contributed by atoms with Crippen LogP contribution in [0.2, 0.25) is 0 Å². The number of nitro benzene ring substituents is 1. The number of nitro groups is 1. The van der Waals surface area contributed by atoms with Gasteiger partial charge in [0, 0.05) is 12.6 Å². The average Bonchev–Trinajstić information content (AvgIpc) is 2.16. The zero-order valence-electron chi connectivity index (χ0n) is 7.11. The Balaban J connectivity index is 3.29. The van der Waals surface area contributed by atoms with Crippen molar-refractivity contribution < 1.29 is 13.7 Å². The molecule has 0 radical (unpaired) electrons. The molecule has 0 aliphatic carbocycles. The molecule has 6 heteroatoms. The van der Waals surface area contributed by atoms with Crippen LogP contribution in [0.15, 0.2) is 18.2 Å². The molecule has 1 rings (SSSR count). The normalized spacial score (nSPS) is 12.5. The summed E-state index contributed by atoms with van der Waals surface area (Å²) in [6.45, 7) is -0.484. The van der Waals surface area contributed by atoms with Crippen molar-refractivity contribution in [1.29, 1.82) is 0 Å². The molecule has 0 aliphatic rings. The molecule has 0 fully saturated rings. The van der Waals surface area contributed by atoms with Crippen LogP contribution in [0.1, 0.15) is 11.7 Å². The van der Waals surface area contributed by atoms with Crippen LogP contribution in [0.3, 0.4) is 0 Å². The van der Waals surface area contributed by atoms with E-state index >= 15 is 0 Å². The highest BCUT2D eigenvalue weighted by Gasteiger charge is 2.24. The number of benzene rings is 1. The van der Waals surface area contributed by atoms with Crippen LogP contribution in [0.5, 0.6) is 0 Å². The van der Waals surface area contributed by atoms with Crippen LogP contribution in [-0.2, 0) is 0 Å². The summed E-state index contributed by atoms with van der Waals surface area (Å²) in [5, 5.41) is 10.4. The molecule has 0 bridgehead atoms. The number of nitrogens with zero attached hydrogens (tertiary/aromatic N) is 1. The number of hydrogen-bond acceptors (Lipinski definition) is 3. The zero-order chi connectivity index (χ0) is 10.7. The van der Waals surface area contributed by atoms with Gasteiger partial charge in [0.05, 0.1) is 4.92 Å². The van der Waals surface area contributed by atoms with Gasteiger partial charge >= 0.3 is 0 Å². The van der Waals surface area contributed by atoms with Crippen molar-refractivity contribution in [3.8, 4) is 0 Å². The summed E-state index contributed by atoms with van der Waals surface area (Å²) in [5.74, 6) is -0.947. The first kappa shape index (κ1) is 10.5. The predicted octanol–water partition coefficient (Wildman–Crippen LogP) is 1.70. The molecule has 0 saturated carbocycles. The summed E-state index contributed by atoms with van der Waals surface area (Å²) in [5.41, 5.74) is 3.81. The van der Waals surface area contributed by atoms with E-state index in [-0.39, 0.29) is 0 Å². The van der Waals surface area contributed by atoms with Gasteiger partial charge in [-0.05, 0) is 6.07 Å². The van der Waals surface area contributed by atoms with E-state index in [1.165, 1.54) is 0 Å². The summed E-state index contributed by atoms with van der Waals surface area (Å²) < 4.78 is 26.1. The summed E-state index contributed by atoms with van der Waals surface area (Å²) >= 11 is 0. The van der Waals surface area contributed by atoms with Gasteiger partial charge in [-0.1, -0.05) is 6.07 Å². The molecule has 0 aliphatic heterocycles. The summed E-state index contributed by atoms with van der Waals surface area (Å²) in [4.78, 5) is 9.59. The minimum atomic E-state index is -1.85. The first-order valence-electron chi connectivity index (χ1n) is 3.85. The smallest absolute Gasteiger partial charge is 0.278 e. The van der Waals surface area contributed by atoms with Crippen molar-refractivity contribution in [2.45, 2.75) is 6.17 Å². The van der Waals surface area contributed by atoms with E-state index in [1.807, 2.05) is 0 Å². The van der Waals surface area contributed by atoms with Crippen molar-refractivity contribution in [3.63, 3.8) is 0 Å². The van der Waals surface area contributed by atoms with Crippen LogP contribution >= 0.6 is 0 Å². The van der Waals surface area contributed by atoms with Gasteiger partial charge in [0.1, 0.15) is 17.6 Å². The quantitative estimate of drug-likeness (QED) is 0.599. The fourth-order valence-corrected chi connectivity index (χ4v) is 1.11. The van der Waals surface area contributed by atoms with E-state index in [9.17, 15) is 18.9 Å². The van der Waals surface area contributed by atoms with Crippen LogP contribution in [0.4, 0.5) is 14.5 Å². The second kappa shape index (κ2) is 4.10. The van der Waals surface area contributed by atoms with Gasteiger partial charge in [-0.25, -0.2) is 8.78 Å². The maximum Gasteiger partial charge on any atom is 0.278 e. The van der Waals surface area contributed by atoms with E-state index < -0.39 is 34.7 Å². The van der Waals surface area contributed by atoms with Gasteiger partial charge in [-0.3, -0.25) is 10.1 Å². The molecule has 0 heterocycles. The van der Waals surface area contributed by atoms with Gasteiger partial charge < -0.3 is 5.73 Å². The second-order valence-electron chi connectivity index (χ2n) is 2.63. The highest BCUT2D eigenvalue weighted by Crippen LogP contribution is 2.29.